The van der Waals surface area contributed by atoms with Crippen LogP contribution in [0.3, 0.4) is 0 Å². The number of esters is 1. The number of aliphatic hydroxyl groups is 1. The minimum Gasteiger partial charge on any atom is -0.478 e. The Kier molecular flexibility index (Phi) is 17.8. The van der Waals surface area contributed by atoms with E-state index in [0.717, 1.165) is 51.4 Å². The highest BCUT2D eigenvalue weighted by atomic mass is 16.8. The number of rotatable bonds is 16. The highest BCUT2D eigenvalue weighted by Crippen LogP contribution is 2.33. The molecule has 5 atom stereocenters. The van der Waals surface area contributed by atoms with Crippen LogP contribution < -0.4 is 16.0 Å². The second-order valence-corrected chi connectivity index (χ2v) is 15.3. The summed E-state index contributed by atoms with van der Waals surface area (Å²) in [4.78, 5) is 56.1. The van der Waals surface area contributed by atoms with Gasteiger partial charge in [0.1, 0.15) is 23.4 Å². The summed E-state index contributed by atoms with van der Waals surface area (Å²) in [5.74, 6) is -2.82. The first-order chi connectivity index (χ1) is 24.2. The maximum absolute atomic E-state index is 13.0. The molecule has 0 aromatic carbocycles. The minimum absolute atomic E-state index is 0.134. The van der Waals surface area contributed by atoms with Gasteiger partial charge in [0, 0.05) is 20.1 Å². The molecule has 2 aliphatic heterocycles. The van der Waals surface area contributed by atoms with Gasteiger partial charge in [-0.2, -0.15) is 0 Å². The zero-order valence-corrected chi connectivity index (χ0v) is 32.6. The zero-order chi connectivity index (χ0) is 39.1. The van der Waals surface area contributed by atoms with Gasteiger partial charge < -0.3 is 43.6 Å². The molecule has 2 aliphatic rings. The fourth-order valence-electron chi connectivity index (χ4n) is 5.55. The summed E-state index contributed by atoms with van der Waals surface area (Å²) in [7, 11) is 1.19. The lowest BCUT2D eigenvalue weighted by atomic mass is 9.92. The number of alkyl carbamates (subject to hydrolysis) is 2. The summed E-state index contributed by atoms with van der Waals surface area (Å²) >= 11 is 0. The van der Waals surface area contributed by atoms with Gasteiger partial charge in [-0.3, -0.25) is 15.4 Å². The quantitative estimate of drug-likeness (QED) is 0.0573. The van der Waals surface area contributed by atoms with E-state index in [4.69, 9.17) is 38.3 Å². The van der Waals surface area contributed by atoms with Crippen LogP contribution in [0.25, 0.3) is 0 Å². The van der Waals surface area contributed by atoms with E-state index in [1.165, 1.54) is 20.1 Å². The number of aliphatic hydroxyl groups excluding tert-OH is 1. The third kappa shape index (κ3) is 16.9. The van der Waals surface area contributed by atoms with Crippen LogP contribution in [0.4, 0.5) is 9.59 Å². The van der Waals surface area contributed by atoms with Gasteiger partial charge in [-0.1, -0.05) is 38.5 Å². The van der Waals surface area contributed by atoms with Crippen molar-refractivity contribution in [3.63, 3.8) is 0 Å². The second kappa shape index (κ2) is 20.7. The molecule has 0 bridgehead atoms. The number of aliphatic imine (C=N–C) groups is 1. The molecule has 0 aromatic heterocycles. The third-order valence-electron chi connectivity index (χ3n) is 7.66. The van der Waals surface area contributed by atoms with Crippen LogP contribution >= 0.6 is 0 Å². The average molecular weight is 743 g/mol. The van der Waals surface area contributed by atoms with Crippen molar-refractivity contribution in [2.75, 3.05) is 26.9 Å². The Balaban J connectivity index is 2.50. The Morgan fingerprint density at radius 3 is 1.92 bits per heavy atom. The van der Waals surface area contributed by atoms with E-state index in [9.17, 15) is 19.2 Å². The lowest BCUT2D eigenvalue weighted by Gasteiger charge is -2.41. The summed E-state index contributed by atoms with van der Waals surface area (Å²) in [6.07, 6.45) is 4.57. The molecule has 16 nitrogen and oxygen atoms in total. The molecule has 0 spiro atoms. The summed E-state index contributed by atoms with van der Waals surface area (Å²) in [6, 6.07) is -2.15. The maximum atomic E-state index is 13.0. The summed E-state index contributed by atoms with van der Waals surface area (Å²) in [5, 5.41) is 16.7. The van der Waals surface area contributed by atoms with E-state index in [1.807, 2.05) is 0 Å². The van der Waals surface area contributed by atoms with Crippen LogP contribution in [0.2, 0.25) is 0 Å². The zero-order valence-electron chi connectivity index (χ0n) is 32.6. The molecule has 0 aromatic rings. The smallest absolute Gasteiger partial charge is 0.414 e. The predicted octanol–water partition coefficient (Wildman–Crippen LogP) is 4.37. The van der Waals surface area contributed by atoms with Gasteiger partial charge in [-0.05, 0) is 74.3 Å². The van der Waals surface area contributed by atoms with Crippen molar-refractivity contribution in [1.29, 1.82) is 0 Å². The Morgan fingerprint density at radius 2 is 1.46 bits per heavy atom. The molecule has 2 heterocycles. The molecule has 0 aliphatic carbocycles. The predicted molar refractivity (Wildman–Crippen MR) is 191 cm³/mol. The van der Waals surface area contributed by atoms with Crippen molar-refractivity contribution in [3.8, 4) is 0 Å². The Hall–Kier alpha value is -3.47. The number of carbonyl (C=O) groups excluding carboxylic acids is 4. The normalized spacial score (nSPS) is 21.9. The van der Waals surface area contributed by atoms with Gasteiger partial charge in [-0.15, -0.1) is 0 Å². The molecular formula is C36H62N4O12. The van der Waals surface area contributed by atoms with E-state index in [1.54, 1.807) is 55.4 Å². The molecule has 4 N–H and O–H groups in total. The van der Waals surface area contributed by atoms with Gasteiger partial charge >= 0.3 is 18.2 Å². The number of hydrogen-bond acceptors (Lipinski definition) is 13. The van der Waals surface area contributed by atoms with E-state index < -0.39 is 71.4 Å². The lowest BCUT2D eigenvalue weighted by Crippen LogP contribution is -2.61. The largest absolute Gasteiger partial charge is 0.478 e. The SMILES string of the molecule is COC(=O)C1=C[C@H](N=C(NC(=O)OC(C)(C)C)NC(=O)OC(C)(C)C)[C@@H](NC(C)=O)[C@H]([C@H](OCCCCCCCCCCO)[C@H]2COC(C)(C)O2)O1. The Labute approximate surface area is 308 Å². The number of nitrogens with zero attached hydrogens (tertiary/aromatic N) is 1. The topological polar surface area (TPSA) is 202 Å². The van der Waals surface area contributed by atoms with Gasteiger partial charge in [0.2, 0.25) is 17.6 Å². The first kappa shape index (κ1) is 44.7. The summed E-state index contributed by atoms with van der Waals surface area (Å²) in [5.41, 5.74) is -1.77. The molecule has 0 unspecified atom stereocenters. The highest BCUT2D eigenvalue weighted by molar-refractivity contribution is 6.01. The van der Waals surface area contributed by atoms with E-state index in [2.05, 4.69) is 20.9 Å². The highest BCUT2D eigenvalue weighted by Gasteiger charge is 2.49. The van der Waals surface area contributed by atoms with Gasteiger partial charge in [0.25, 0.3) is 0 Å². The molecule has 298 valence electrons. The minimum atomic E-state index is -1.14. The lowest BCUT2D eigenvalue weighted by molar-refractivity contribution is -0.179. The molecular weight excluding hydrogens is 680 g/mol. The molecule has 0 radical (unpaired) electrons. The van der Waals surface area contributed by atoms with Crippen LogP contribution in [0.5, 0.6) is 0 Å². The van der Waals surface area contributed by atoms with Crippen molar-refractivity contribution in [3.05, 3.63) is 11.8 Å². The van der Waals surface area contributed by atoms with E-state index in [0.29, 0.717) is 6.61 Å². The maximum Gasteiger partial charge on any atom is 0.414 e. The molecule has 3 amide bonds. The van der Waals surface area contributed by atoms with Crippen molar-refractivity contribution < 1.29 is 57.4 Å². The number of ether oxygens (including phenoxy) is 7. The Morgan fingerprint density at radius 1 is 0.923 bits per heavy atom. The third-order valence-corrected chi connectivity index (χ3v) is 7.66. The average Bonchev–Trinajstić information content (AvgIpc) is 3.37. The van der Waals surface area contributed by atoms with Crippen molar-refractivity contribution in [1.82, 2.24) is 16.0 Å². The molecule has 0 saturated carbocycles. The number of hydrogen-bond donors (Lipinski definition) is 4. The number of carbonyl (C=O) groups is 4. The summed E-state index contributed by atoms with van der Waals surface area (Å²) in [6.45, 7) is 15.5. The molecule has 1 saturated heterocycles. The molecule has 16 heteroatoms. The molecule has 52 heavy (non-hydrogen) atoms. The fourth-order valence-corrected chi connectivity index (χ4v) is 5.55. The molecule has 1 fully saturated rings. The van der Waals surface area contributed by atoms with Crippen LogP contribution in [0.1, 0.15) is 114 Å². The van der Waals surface area contributed by atoms with E-state index in [-0.39, 0.29) is 24.9 Å². The number of unbranched alkanes of at least 4 members (excludes halogenated alkanes) is 7. The standard InChI is InChI=1S/C36H62N4O12/c1-23(42)37-27-24(38-31(39-32(44)51-34(2,3)4)40-33(45)52-35(5,6)7)21-25(30(43)46-10)49-29(27)28(26-22-48-36(8,9)50-26)47-20-18-16-14-12-11-13-15-17-19-41/h21,24,26-29,41H,11-20,22H2,1-10H3,(H,37,42)(H2,38,39,40,44,45)/t24-,26+,27+,28+,29+/m0/s1. The van der Waals surface area contributed by atoms with Crippen LogP contribution in [0.15, 0.2) is 16.8 Å². The van der Waals surface area contributed by atoms with Crippen molar-refractivity contribution >= 4 is 30.0 Å². The van der Waals surface area contributed by atoms with Crippen LogP contribution in [0, 0.1) is 0 Å². The van der Waals surface area contributed by atoms with Crippen molar-refractivity contribution in [2.24, 2.45) is 4.99 Å². The number of amides is 3. The van der Waals surface area contributed by atoms with E-state index >= 15 is 0 Å². The summed E-state index contributed by atoms with van der Waals surface area (Å²) < 4.78 is 40.6. The van der Waals surface area contributed by atoms with Crippen molar-refractivity contribution in [2.45, 2.75) is 161 Å². The number of nitrogens with one attached hydrogen (secondary N) is 3. The number of guanidine groups is 1. The first-order valence-corrected chi connectivity index (χ1v) is 18.1. The number of methoxy groups -OCH3 is 1. The Bertz CT molecular complexity index is 1210. The van der Waals surface area contributed by atoms with Crippen LogP contribution in [-0.4, -0.2) is 109 Å². The monoisotopic (exact) mass is 742 g/mol. The van der Waals surface area contributed by atoms with Gasteiger partial charge in [-0.25, -0.2) is 19.4 Å². The van der Waals surface area contributed by atoms with Gasteiger partial charge in [0.05, 0.1) is 25.8 Å². The second-order valence-electron chi connectivity index (χ2n) is 15.3. The van der Waals surface area contributed by atoms with Gasteiger partial charge in [0.15, 0.2) is 11.9 Å². The fraction of sp³-hybridized carbons (Fsp3) is 0.806. The first-order valence-electron chi connectivity index (χ1n) is 18.1. The van der Waals surface area contributed by atoms with Crippen LogP contribution in [-0.2, 0) is 42.7 Å². The molecule has 2 rings (SSSR count).